The number of thiocarbonyl (C=S) groups is 1. The highest BCUT2D eigenvalue weighted by Crippen LogP contribution is 2.44. The van der Waals surface area contributed by atoms with Gasteiger partial charge in [-0.25, -0.2) is 0 Å². The number of nitrogens with zero attached hydrogens (tertiary/aromatic N) is 4. The molecule has 1 N–H and O–H groups in total. The number of rotatable bonds is 7. The Bertz CT molecular complexity index is 1500. The molecule has 0 radical (unpaired) electrons. The van der Waals surface area contributed by atoms with E-state index < -0.39 is 0 Å². The van der Waals surface area contributed by atoms with Crippen LogP contribution in [0.3, 0.4) is 0 Å². The van der Waals surface area contributed by atoms with Crippen LogP contribution < -0.4 is 19.9 Å². The molecule has 4 atom stereocenters. The number of hydrogen-bond acceptors (Lipinski definition) is 4. The fourth-order valence-electron chi connectivity index (χ4n) is 6.44. The highest BCUT2D eigenvalue weighted by molar-refractivity contribution is 7.80. The summed E-state index contributed by atoms with van der Waals surface area (Å²) in [6.45, 7) is 9.31. The van der Waals surface area contributed by atoms with Crippen molar-refractivity contribution in [3.8, 4) is 11.4 Å². The van der Waals surface area contributed by atoms with Crippen molar-refractivity contribution in [1.82, 2.24) is 14.9 Å². The summed E-state index contributed by atoms with van der Waals surface area (Å²) in [5.74, 6) is 2.14. The zero-order valence-corrected chi connectivity index (χ0v) is 25.3. The lowest BCUT2D eigenvalue weighted by Gasteiger charge is -2.37. The second kappa shape index (κ2) is 11.7. The Labute approximate surface area is 252 Å². The zero-order chi connectivity index (χ0) is 28.5. The highest BCUT2D eigenvalue weighted by Gasteiger charge is 2.42. The van der Waals surface area contributed by atoms with Crippen LogP contribution in [0, 0.1) is 11.8 Å². The van der Waals surface area contributed by atoms with E-state index in [-0.39, 0.29) is 12.1 Å². The van der Waals surface area contributed by atoms with Crippen molar-refractivity contribution in [2.45, 2.75) is 39.3 Å². The van der Waals surface area contributed by atoms with Gasteiger partial charge in [-0.1, -0.05) is 31.5 Å². The van der Waals surface area contributed by atoms with Crippen molar-refractivity contribution in [3.05, 3.63) is 102 Å². The number of piperidine rings is 1. The van der Waals surface area contributed by atoms with Crippen LogP contribution in [0.2, 0.25) is 5.02 Å². The molecular weight excluding hydrogens is 550 g/mol. The topological polar surface area (TPSA) is 45.6 Å². The maximum atomic E-state index is 7.02. The van der Waals surface area contributed by atoms with E-state index in [4.69, 9.17) is 33.5 Å². The molecule has 2 fully saturated rings. The molecule has 2 aliphatic heterocycles. The molecule has 2 aliphatic rings. The summed E-state index contributed by atoms with van der Waals surface area (Å²) in [5, 5.41) is 4.97. The highest BCUT2D eigenvalue weighted by atomic mass is 35.5. The average Bonchev–Trinajstić information content (AvgIpc) is 3.58. The largest absolute Gasteiger partial charge is 0.494 e. The quantitative estimate of drug-likeness (QED) is 0.226. The number of nitrogens with one attached hydrogen (secondary N) is 1. The summed E-state index contributed by atoms with van der Waals surface area (Å²) in [4.78, 5) is 9.33. The van der Waals surface area contributed by atoms with E-state index in [9.17, 15) is 0 Å². The van der Waals surface area contributed by atoms with Crippen molar-refractivity contribution < 1.29 is 4.74 Å². The van der Waals surface area contributed by atoms with Crippen LogP contribution in [-0.4, -0.2) is 34.4 Å². The maximum Gasteiger partial charge on any atom is 0.174 e. The van der Waals surface area contributed by atoms with Gasteiger partial charge in [0.15, 0.2) is 5.11 Å². The number of benzene rings is 2. The number of pyridine rings is 1. The molecule has 41 heavy (non-hydrogen) atoms. The Kier molecular flexibility index (Phi) is 7.91. The molecule has 0 unspecified atom stereocenters. The van der Waals surface area contributed by atoms with Gasteiger partial charge in [0.2, 0.25) is 0 Å². The molecule has 0 aliphatic carbocycles. The molecule has 2 aromatic carbocycles. The predicted octanol–water partition coefficient (Wildman–Crippen LogP) is 7.58. The lowest BCUT2D eigenvalue weighted by atomic mass is 9.91. The summed E-state index contributed by atoms with van der Waals surface area (Å²) in [6.07, 6.45) is 5.18. The fraction of sp³-hybridized carbons (Fsp3) is 0.333. The summed E-state index contributed by atoms with van der Waals surface area (Å²) >= 11 is 13.0. The van der Waals surface area contributed by atoms with Crippen LogP contribution in [-0.2, 0) is 0 Å². The van der Waals surface area contributed by atoms with Crippen LogP contribution in [0.25, 0.3) is 5.69 Å². The van der Waals surface area contributed by atoms with Crippen LogP contribution in [0.5, 0.6) is 5.75 Å². The predicted molar refractivity (Wildman–Crippen MR) is 171 cm³/mol. The SMILES string of the molecule is CCOc1ccc(-n2cccc2[C@@H]2[C@H](c3ccccn3)NC(=S)N2c2ccc(N3C[C@H](C)C[C@H](C)C3)c(Cl)c2)cc1. The first-order valence-corrected chi connectivity index (χ1v) is 15.2. The molecule has 6 nitrogen and oxygen atoms in total. The number of halogens is 1. The minimum atomic E-state index is -0.157. The Morgan fingerprint density at radius 3 is 2.41 bits per heavy atom. The van der Waals surface area contributed by atoms with Crippen molar-refractivity contribution >= 4 is 40.3 Å². The summed E-state index contributed by atoms with van der Waals surface area (Å²) in [5.41, 5.74) is 5.12. The van der Waals surface area contributed by atoms with Crippen LogP contribution in [0.15, 0.2) is 85.2 Å². The third kappa shape index (κ3) is 5.53. The smallest absolute Gasteiger partial charge is 0.174 e. The van der Waals surface area contributed by atoms with Gasteiger partial charge in [0.25, 0.3) is 0 Å². The fourth-order valence-corrected chi connectivity index (χ4v) is 7.08. The monoisotopic (exact) mass is 585 g/mol. The molecule has 2 saturated heterocycles. The Morgan fingerprint density at radius 2 is 1.73 bits per heavy atom. The minimum Gasteiger partial charge on any atom is -0.494 e. The van der Waals surface area contributed by atoms with Gasteiger partial charge in [0.1, 0.15) is 11.8 Å². The summed E-state index contributed by atoms with van der Waals surface area (Å²) < 4.78 is 7.89. The molecule has 4 aromatic rings. The molecule has 2 aromatic heterocycles. The molecule has 4 heterocycles. The van der Waals surface area contributed by atoms with Crippen molar-refractivity contribution in [2.75, 3.05) is 29.5 Å². The number of aromatic nitrogens is 2. The van der Waals surface area contributed by atoms with Crippen molar-refractivity contribution in [2.24, 2.45) is 11.8 Å². The molecule has 6 rings (SSSR count). The van der Waals surface area contributed by atoms with Crippen molar-refractivity contribution in [1.29, 1.82) is 0 Å². The van der Waals surface area contributed by atoms with Crippen molar-refractivity contribution in [3.63, 3.8) is 0 Å². The van der Waals surface area contributed by atoms with Gasteiger partial charge in [-0.05, 0) is 104 Å². The molecule has 8 heteroatoms. The van der Waals surface area contributed by atoms with Gasteiger partial charge in [0, 0.05) is 42.6 Å². The molecule has 212 valence electrons. The maximum absolute atomic E-state index is 7.02. The summed E-state index contributed by atoms with van der Waals surface area (Å²) in [6, 6.07) is 24.5. The number of anilines is 2. The van der Waals surface area contributed by atoms with Gasteiger partial charge < -0.3 is 24.4 Å². The molecule has 0 spiro atoms. The van der Waals surface area contributed by atoms with Crippen LogP contribution in [0.4, 0.5) is 11.4 Å². The van der Waals surface area contributed by atoms with E-state index in [1.165, 1.54) is 6.42 Å². The Morgan fingerprint density at radius 1 is 0.976 bits per heavy atom. The molecular formula is C33H36ClN5OS. The van der Waals surface area contributed by atoms with E-state index >= 15 is 0 Å². The van der Waals surface area contributed by atoms with Crippen LogP contribution >= 0.6 is 23.8 Å². The second-order valence-corrected chi connectivity index (χ2v) is 12.0. The first kappa shape index (κ1) is 27.6. The van der Waals surface area contributed by atoms with Gasteiger partial charge in [-0.3, -0.25) is 4.98 Å². The van der Waals surface area contributed by atoms with E-state index in [1.54, 1.807) is 0 Å². The van der Waals surface area contributed by atoms with Gasteiger partial charge in [-0.15, -0.1) is 0 Å². The van der Waals surface area contributed by atoms with Crippen LogP contribution in [0.1, 0.15) is 50.7 Å². The average molecular weight is 586 g/mol. The first-order chi connectivity index (χ1) is 19.9. The lowest BCUT2D eigenvalue weighted by molar-refractivity contribution is 0.340. The Balaban J connectivity index is 1.40. The normalized spacial score (nSPS) is 22.6. The van der Waals surface area contributed by atoms with E-state index in [2.05, 4.69) is 88.3 Å². The third-order valence-corrected chi connectivity index (χ3v) is 8.64. The van der Waals surface area contributed by atoms with Gasteiger partial charge in [0.05, 0.1) is 29.1 Å². The number of ether oxygens (including phenoxy) is 1. The zero-order valence-electron chi connectivity index (χ0n) is 23.7. The van der Waals surface area contributed by atoms with E-state index in [0.717, 1.165) is 52.3 Å². The van der Waals surface area contributed by atoms with E-state index in [0.29, 0.717) is 23.6 Å². The molecule has 0 bridgehead atoms. The molecule has 0 amide bonds. The number of hydrogen-bond donors (Lipinski definition) is 1. The standard InChI is InChI=1S/C33H36ClN5OS/c1-4-40-26-13-10-24(11-14-26)38-17-7-9-30(38)32-31(28-8-5-6-16-35-28)36-33(41)39(32)25-12-15-29(27(34)19-25)37-20-22(2)18-23(3)21-37/h5-17,19,22-23,31-32H,4,18,20-21H2,1-3H3,(H,36,41)/t22-,23+,31-,32+/m0/s1. The first-order valence-electron chi connectivity index (χ1n) is 14.4. The molecule has 0 saturated carbocycles. The minimum absolute atomic E-state index is 0.151. The van der Waals surface area contributed by atoms with Gasteiger partial charge in [-0.2, -0.15) is 0 Å². The van der Waals surface area contributed by atoms with E-state index in [1.807, 2.05) is 37.4 Å². The van der Waals surface area contributed by atoms with Gasteiger partial charge >= 0.3 is 0 Å². The lowest BCUT2D eigenvalue weighted by Crippen LogP contribution is -2.38. The second-order valence-electron chi connectivity index (χ2n) is 11.2. The third-order valence-electron chi connectivity index (χ3n) is 8.03. The Hall–Kier alpha value is -3.55. The summed E-state index contributed by atoms with van der Waals surface area (Å²) in [7, 11) is 0.